The number of aliphatic imine (C=N–C) groups is 1. The molecule has 2 aliphatic rings. The Morgan fingerprint density at radius 3 is 2.72 bits per heavy atom. The molecule has 4 aromatic rings. The Morgan fingerprint density at radius 2 is 1.90 bits per heavy atom. The van der Waals surface area contributed by atoms with Gasteiger partial charge < -0.3 is 15.2 Å². The highest BCUT2D eigenvalue weighted by atomic mass is 16.2. The Bertz CT molecular complexity index is 1600. The van der Waals surface area contributed by atoms with Crippen molar-refractivity contribution in [2.75, 3.05) is 25.0 Å². The molecule has 0 aromatic carbocycles. The molecular formula is C29H30N8O2. The first-order chi connectivity index (χ1) is 19.0. The summed E-state index contributed by atoms with van der Waals surface area (Å²) >= 11 is 0. The zero-order chi connectivity index (χ0) is 26.9. The molecule has 2 aliphatic heterocycles. The van der Waals surface area contributed by atoms with E-state index < -0.39 is 0 Å². The van der Waals surface area contributed by atoms with Gasteiger partial charge in [0.2, 0.25) is 5.91 Å². The number of rotatable bonds is 6. The van der Waals surface area contributed by atoms with Crippen LogP contribution in [0.3, 0.4) is 0 Å². The van der Waals surface area contributed by atoms with Gasteiger partial charge in [0.1, 0.15) is 5.71 Å². The maximum absolute atomic E-state index is 13.2. The van der Waals surface area contributed by atoms with Crippen molar-refractivity contribution in [1.29, 1.82) is 0 Å². The first kappa shape index (κ1) is 24.8. The Labute approximate surface area is 226 Å². The summed E-state index contributed by atoms with van der Waals surface area (Å²) in [5, 5.41) is 2.93. The van der Waals surface area contributed by atoms with Crippen LogP contribution in [0, 0.1) is 5.92 Å². The van der Waals surface area contributed by atoms with E-state index in [9.17, 15) is 9.59 Å². The van der Waals surface area contributed by atoms with Crippen LogP contribution in [0.2, 0.25) is 0 Å². The highest BCUT2D eigenvalue weighted by molar-refractivity contribution is 6.14. The SMILES string of the molecule is CC(C)CC(=O)Nc1cncc(-c2cnc3c(c2)C(c2nc4nccc(C(=O)N5CCCC5)c4[nH]2)=NCC3)c1. The van der Waals surface area contributed by atoms with Crippen LogP contribution in [0.25, 0.3) is 22.3 Å². The van der Waals surface area contributed by atoms with Gasteiger partial charge in [0, 0.05) is 67.8 Å². The number of anilines is 1. The smallest absolute Gasteiger partial charge is 0.256 e. The second kappa shape index (κ2) is 10.4. The number of amides is 2. The van der Waals surface area contributed by atoms with E-state index in [2.05, 4.69) is 20.3 Å². The molecule has 39 heavy (non-hydrogen) atoms. The van der Waals surface area contributed by atoms with Gasteiger partial charge in [0.05, 0.1) is 28.7 Å². The topological polar surface area (TPSA) is 129 Å². The fourth-order valence-electron chi connectivity index (χ4n) is 5.16. The molecule has 2 N–H and O–H groups in total. The number of imidazole rings is 1. The van der Waals surface area contributed by atoms with Gasteiger partial charge in [-0.1, -0.05) is 13.8 Å². The summed E-state index contributed by atoms with van der Waals surface area (Å²) in [6.07, 6.45) is 10.1. The second-order valence-corrected chi connectivity index (χ2v) is 10.4. The summed E-state index contributed by atoms with van der Waals surface area (Å²) in [6.45, 7) is 6.16. The maximum atomic E-state index is 13.2. The standard InChI is InChI=1S/C29H30N8O2/c1-17(2)11-24(38)34-20-12-18(14-30-16-20)19-13-22-23(33-15-19)6-8-31-25(22)28-35-26-21(5-7-32-27(26)36-28)29(39)37-9-3-4-10-37/h5,7,12-17H,3-4,6,8-11H2,1-2H3,(H,34,38)(H,32,35,36). The summed E-state index contributed by atoms with van der Waals surface area (Å²) in [7, 11) is 0. The van der Waals surface area contributed by atoms with E-state index >= 15 is 0 Å². The highest BCUT2D eigenvalue weighted by Crippen LogP contribution is 2.27. The van der Waals surface area contributed by atoms with Crippen LogP contribution in [0.4, 0.5) is 5.69 Å². The van der Waals surface area contributed by atoms with Crippen molar-refractivity contribution in [3.05, 3.63) is 65.6 Å². The van der Waals surface area contributed by atoms with Crippen molar-refractivity contribution < 1.29 is 9.59 Å². The van der Waals surface area contributed by atoms with Gasteiger partial charge in [-0.15, -0.1) is 0 Å². The van der Waals surface area contributed by atoms with Crippen LogP contribution in [-0.2, 0) is 11.2 Å². The number of fused-ring (bicyclic) bond motifs is 2. The molecule has 10 heteroatoms. The molecule has 0 saturated carbocycles. The van der Waals surface area contributed by atoms with Gasteiger partial charge >= 0.3 is 0 Å². The van der Waals surface area contributed by atoms with Crippen molar-refractivity contribution in [2.24, 2.45) is 10.9 Å². The average molecular weight is 523 g/mol. The average Bonchev–Trinajstić information content (AvgIpc) is 3.62. The number of aromatic nitrogens is 5. The van der Waals surface area contributed by atoms with Crippen molar-refractivity contribution in [1.82, 2.24) is 29.8 Å². The van der Waals surface area contributed by atoms with Crippen LogP contribution in [-0.4, -0.2) is 67.0 Å². The minimum absolute atomic E-state index is 0.00194. The van der Waals surface area contributed by atoms with Crippen molar-refractivity contribution in [3.63, 3.8) is 0 Å². The van der Waals surface area contributed by atoms with Gasteiger partial charge in [-0.05, 0) is 37.0 Å². The minimum Gasteiger partial charge on any atom is -0.339 e. The number of hydrogen-bond acceptors (Lipinski definition) is 7. The molecule has 0 atom stereocenters. The Kier molecular flexibility index (Phi) is 6.60. The monoisotopic (exact) mass is 522 g/mol. The van der Waals surface area contributed by atoms with Crippen molar-refractivity contribution >= 4 is 34.4 Å². The molecule has 0 aliphatic carbocycles. The highest BCUT2D eigenvalue weighted by Gasteiger charge is 2.25. The van der Waals surface area contributed by atoms with Gasteiger partial charge in [-0.2, -0.15) is 0 Å². The van der Waals surface area contributed by atoms with Crippen molar-refractivity contribution in [3.8, 4) is 11.1 Å². The normalized spacial score (nSPS) is 14.9. The van der Waals surface area contributed by atoms with Crippen LogP contribution < -0.4 is 5.32 Å². The summed E-state index contributed by atoms with van der Waals surface area (Å²) < 4.78 is 0. The van der Waals surface area contributed by atoms with Crippen LogP contribution in [0.1, 0.15) is 60.5 Å². The fraction of sp³-hybridized carbons (Fsp3) is 0.345. The van der Waals surface area contributed by atoms with Crippen LogP contribution in [0.15, 0.2) is 48.0 Å². The molecule has 2 amide bonds. The number of pyridine rings is 3. The van der Waals surface area contributed by atoms with E-state index in [1.165, 1.54) is 0 Å². The summed E-state index contributed by atoms with van der Waals surface area (Å²) in [4.78, 5) is 53.7. The quantitative estimate of drug-likeness (QED) is 0.393. The van der Waals surface area contributed by atoms with E-state index in [0.717, 1.165) is 54.7 Å². The number of nitrogens with one attached hydrogen (secondary N) is 2. The first-order valence-electron chi connectivity index (χ1n) is 13.4. The first-order valence-corrected chi connectivity index (χ1v) is 13.4. The Balaban J connectivity index is 1.33. The minimum atomic E-state index is -0.0389. The lowest BCUT2D eigenvalue weighted by Gasteiger charge is -2.16. The van der Waals surface area contributed by atoms with Gasteiger partial charge in [0.25, 0.3) is 5.91 Å². The zero-order valence-electron chi connectivity index (χ0n) is 22.1. The zero-order valence-corrected chi connectivity index (χ0v) is 22.1. The van der Waals surface area contributed by atoms with E-state index in [4.69, 9.17) is 15.0 Å². The van der Waals surface area contributed by atoms with E-state index in [1.807, 2.05) is 37.1 Å². The molecule has 0 spiro atoms. The fourth-order valence-corrected chi connectivity index (χ4v) is 5.16. The largest absolute Gasteiger partial charge is 0.339 e. The third-order valence-electron chi connectivity index (χ3n) is 7.03. The Hall–Kier alpha value is -4.47. The summed E-state index contributed by atoms with van der Waals surface area (Å²) in [5.74, 6) is 0.791. The van der Waals surface area contributed by atoms with Crippen molar-refractivity contribution in [2.45, 2.75) is 39.5 Å². The maximum Gasteiger partial charge on any atom is 0.256 e. The molecule has 198 valence electrons. The van der Waals surface area contributed by atoms with Gasteiger partial charge in [-0.25, -0.2) is 9.97 Å². The van der Waals surface area contributed by atoms with E-state index in [1.54, 1.807) is 24.7 Å². The molecule has 10 nitrogen and oxygen atoms in total. The lowest BCUT2D eigenvalue weighted by atomic mass is 9.98. The molecule has 0 bridgehead atoms. The molecule has 6 rings (SSSR count). The number of likely N-dealkylation sites (tertiary alicyclic amines) is 1. The van der Waals surface area contributed by atoms with Crippen LogP contribution >= 0.6 is 0 Å². The molecule has 1 saturated heterocycles. The molecule has 4 aromatic heterocycles. The molecular weight excluding hydrogens is 492 g/mol. The number of carbonyl (C=O) groups excluding carboxylic acids is 2. The second-order valence-electron chi connectivity index (χ2n) is 10.4. The molecule has 0 unspecified atom stereocenters. The third-order valence-corrected chi connectivity index (χ3v) is 7.03. The predicted molar refractivity (Wildman–Crippen MR) is 149 cm³/mol. The number of aromatic amines is 1. The van der Waals surface area contributed by atoms with Gasteiger partial charge in [-0.3, -0.25) is 24.5 Å². The lowest BCUT2D eigenvalue weighted by molar-refractivity contribution is -0.116. The number of hydrogen-bond donors (Lipinski definition) is 2. The number of carbonyl (C=O) groups is 2. The third kappa shape index (κ3) is 5.01. The van der Waals surface area contributed by atoms with E-state index in [-0.39, 0.29) is 17.7 Å². The molecule has 0 radical (unpaired) electrons. The van der Waals surface area contributed by atoms with Gasteiger partial charge in [0.15, 0.2) is 11.5 Å². The molecule has 6 heterocycles. The lowest BCUT2D eigenvalue weighted by Crippen LogP contribution is -2.27. The summed E-state index contributed by atoms with van der Waals surface area (Å²) in [5.41, 5.74) is 6.52. The number of H-pyrrole nitrogens is 1. The molecule has 1 fully saturated rings. The van der Waals surface area contributed by atoms with E-state index in [0.29, 0.717) is 46.9 Å². The van der Waals surface area contributed by atoms with Crippen LogP contribution in [0.5, 0.6) is 0 Å². The summed E-state index contributed by atoms with van der Waals surface area (Å²) in [6, 6.07) is 5.69. The predicted octanol–water partition coefficient (Wildman–Crippen LogP) is 4.03. The number of nitrogens with zero attached hydrogens (tertiary/aromatic N) is 6. The Morgan fingerprint density at radius 1 is 1.08 bits per heavy atom.